The quantitative estimate of drug-likeness (QED) is 0.0813. The zero-order chi connectivity index (χ0) is 52.3. The molecule has 6 fully saturated rings. The summed E-state index contributed by atoms with van der Waals surface area (Å²) in [6.07, 6.45) is 40.1. The third-order valence-electron chi connectivity index (χ3n) is 18.4. The topological polar surface area (TPSA) is 49.9 Å². The van der Waals surface area contributed by atoms with Gasteiger partial charge in [0, 0.05) is 74.4 Å². The van der Waals surface area contributed by atoms with E-state index in [0.29, 0.717) is 0 Å². The van der Waals surface area contributed by atoms with E-state index < -0.39 is 31.7 Å². The van der Waals surface area contributed by atoms with E-state index in [0.717, 1.165) is 71.8 Å². The van der Waals surface area contributed by atoms with Crippen LogP contribution in [0.4, 0.5) is 0 Å². The molecule has 0 unspecified atom stereocenters. The van der Waals surface area contributed by atoms with Crippen molar-refractivity contribution in [2.45, 2.75) is 177 Å². The van der Waals surface area contributed by atoms with Crippen molar-refractivity contribution in [3.8, 4) is 23.0 Å². The minimum absolute atomic E-state index is 0. The first-order chi connectivity index (χ1) is 37.4. The predicted molar refractivity (Wildman–Crippen MR) is 334 cm³/mol. The van der Waals surface area contributed by atoms with Crippen LogP contribution in [0.15, 0.2) is 97.1 Å². The Balaban J connectivity index is 0.000000201. The second-order valence-electron chi connectivity index (χ2n) is 23.9. The summed E-state index contributed by atoms with van der Waals surface area (Å²) in [5, 5.41) is 0. The molecular weight excluding hydrogens is 1070 g/mol. The molecule has 8 nitrogen and oxygen atoms in total. The molecule has 0 aromatic heterocycles. The van der Waals surface area contributed by atoms with E-state index >= 15 is 0 Å². The Morgan fingerprint density at radius 3 is 0.610 bits per heavy atom. The zero-order valence-corrected chi connectivity index (χ0v) is 52.9. The second-order valence-corrected chi connectivity index (χ2v) is 35.0. The van der Waals surface area contributed by atoms with Crippen LogP contribution in [0.25, 0.3) is 0 Å². The maximum absolute atomic E-state index is 5.45. The first-order valence-corrected chi connectivity index (χ1v) is 38.2. The molecule has 6 aliphatic rings. The molecule has 0 amide bonds. The summed E-state index contributed by atoms with van der Waals surface area (Å²) >= 11 is 0. The summed E-state index contributed by atoms with van der Waals surface area (Å²) in [6, 6.07) is 35.6. The van der Waals surface area contributed by atoms with Gasteiger partial charge in [-0.2, -0.15) is 0 Å². The number of hydrogen-bond donors (Lipinski definition) is 0. The van der Waals surface area contributed by atoms with E-state index in [1.165, 1.54) is 201 Å². The average molecular weight is 1170 g/mol. The van der Waals surface area contributed by atoms with Crippen LogP contribution >= 0.6 is 31.7 Å². The fraction of sp³-hybridized carbons (Fsp3) is 0.625. The smallest absolute Gasteiger partial charge is 0.118 e. The van der Waals surface area contributed by atoms with Gasteiger partial charge >= 0.3 is 0 Å². The summed E-state index contributed by atoms with van der Waals surface area (Å²) in [5.41, 5.74) is 9.74. The van der Waals surface area contributed by atoms with Crippen molar-refractivity contribution in [3.05, 3.63) is 119 Å². The molecular formula is C64H100N4NiO4P4+4. The van der Waals surface area contributed by atoms with Crippen LogP contribution in [0.5, 0.6) is 23.0 Å². The van der Waals surface area contributed by atoms with Crippen LogP contribution in [0.2, 0.25) is 0 Å². The molecule has 4 aromatic carbocycles. The van der Waals surface area contributed by atoms with Gasteiger partial charge in [0.15, 0.2) is 0 Å². The average Bonchev–Trinajstić information content (AvgIpc) is 3.47. The summed E-state index contributed by atoms with van der Waals surface area (Å²) in [7, 11) is 5.06. The minimum Gasteiger partial charge on any atom is -0.497 e. The van der Waals surface area contributed by atoms with Crippen molar-refractivity contribution in [1.29, 1.82) is 0 Å². The fourth-order valence-corrected chi connectivity index (χ4v) is 28.8. The Labute approximate surface area is 482 Å². The molecule has 4 aromatic rings. The van der Waals surface area contributed by atoms with Crippen LogP contribution in [-0.4, -0.2) is 121 Å². The van der Waals surface area contributed by atoms with E-state index in [9.17, 15) is 0 Å². The van der Waals surface area contributed by atoms with Gasteiger partial charge in [-0.1, -0.05) is 74.2 Å². The van der Waals surface area contributed by atoms with Gasteiger partial charge in [0.2, 0.25) is 0 Å². The molecule has 10 rings (SSSR count). The largest absolute Gasteiger partial charge is 0.497 e. The van der Waals surface area contributed by atoms with Gasteiger partial charge in [0.1, 0.15) is 73.3 Å². The van der Waals surface area contributed by atoms with Crippen molar-refractivity contribution in [1.82, 2.24) is 19.6 Å². The zero-order valence-electron chi connectivity index (χ0n) is 47.9. The van der Waals surface area contributed by atoms with Gasteiger partial charge in [-0.15, -0.1) is 0 Å². The van der Waals surface area contributed by atoms with Crippen molar-refractivity contribution >= 4 is 31.7 Å². The van der Waals surface area contributed by atoms with Crippen LogP contribution in [0.1, 0.15) is 151 Å². The molecule has 0 bridgehead atoms. The van der Waals surface area contributed by atoms with Gasteiger partial charge in [-0.3, -0.25) is 0 Å². The SMILES string of the molecule is COc1ccc(CN2C[PH+](C3CCCCC3)CN(Cc3ccc(OC)cc3)C[PH+](C3CCCCC3)C2)cc1.COc1ccc(CN2C[PH+](C3CCCCC3)CN(Cc3ccc(OC)cc3)C[PH+](C3CCCCC3)C2)cc1.[Ni]. The predicted octanol–water partition coefficient (Wildman–Crippen LogP) is 15.9. The summed E-state index contributed by atoms with van der Waals surface area (Å²) in [5.74, 6) is 3.87. The summed E-state index contributed by atoms with van der Waals surface area (Å²) in [4.78, 5) is 11.8. The molecule has 0 N–H and O–H groups in total. The normalized spacial score (nSPS) is 24.7. The summed E-state index contributed by atoms with van der Waals surface area (Å²) < 4.78 is 21.8. The minimum atomic E-state index is -0.502. The second kappa shape index (κ2) is 32.7. The van der Waals surface area contributed by atoms with E-state index in [-0.39, 0.29) is 16.5 Å². The van der Waals surface area contributed by atoms with Gasteiger partial charge in [0.25, 0.3) is 0 Å². The molecule has 4 saturated carbocycles. The number of benzene rings is 4. The molecule has 2 heterocycles. The van der Waals surface area contributed by atoms with Crippen molar-refractivity contribution in [2.24, 2.45) is 0 Å². The van der Waals surface area contributed by atoms with Crippen molar-refractivity contribution < 1.29 is 35.4 Å². The number of ether oxygens (including phenoxy) is 4. The van der Waals surface area contributed by atoms with Crippen LogP contribution < -0.4 is 18.9 Å². The number of rotatable bonds is 16. The van der Waals surface area contributed by atoms with Gasteiger partial charge in [0.05, 0.1) is 51.1 Å². The Morgan fingerprint density at radius 1 is 0.286 bits per heavy atom. The first kappa shape index (κ1) is 61.2. The molecule has 4 aliphatic carbocycles. The number of hydrogen-bond acceptors (Lipinski definition) is 8. The van der Waals surface area contributed by atoms with Crippen LogP contribution in [0, 0.1) is 0 Å². The van der Waals surface area contributed by atoms with E-state index in [1.807, 2.05) is 0 Å². The standard InChI is InChI=1S/2C32H48N2O2P2.Ni/c2*1-35-29-17-13-27(14-18-29)21-33-23-37(31-9-5-3-6-10-31)25-34(22-28-15-19-30(36-2)20-16-28)26-38(24-33)32-11-7-4-8-12-32;/h2*13-20,31-32H,3-12,21-26H2,1-2H3;/p+4. The fourth-order valence-electron chi connectivity index (χ4n) is 14.2. The van der Waals surface area contributed by atoms with Crippen molar-refractivity contribution in [3.63, 3.8) is 0 Å². The Kier molecular flexibility index (Phi) is 26.0. The number of nitrogens with zero attached hydrogens (tertiary/aromatic N) is 4. The van der Waals surface area contributed by atoms with Crippen molar-refractivity contribution in [2.75, 3.05) is 78.7 Å². The Morgan fingerprint density at radius 2 is 0.455 bits per heavy atom. The molecule has 2 saturated heterocycles. The van der Waals surface area contributed by atoms with Crippen LogP contribution in [-0.2, 0) is 42.7 Å². The third kappa shape index (κ3) is 19.1. The maximum Gasteiger partial charge on any atom is 0.118 e. The Hall–Kier alpha value is -1.87. The third-order valence-corrected chi connectivity index (χ3v) is 32.2. The van der Waals surface area contributed by atoms with E-state index in [2.05, 4.69) is 117 Å². The molecule has 13 heteroatoms. The summed E-state index contributed by atoms with van der Waals surface area (Å²) in [6.45, 7) is 4.46. The molecule has 0 spiro atoms. The number of methoxy groups -OCH3 is 4. The van der Waals surface area contributed by atoms with Gasteiger partial charge in [-0.25, -0.2) is 19.6 Å². The molecule has 0 radical (unpaired) electrons. The van der Waals surface area contributed by atoms with E-state index in [1.54, 1.807) is 28.4 Å². The van der Waals surface area contributed by atoms with Crippen LogP contribution in [0.3, 0.4) is 0 Å². The van der Waals surface area contributed by atoms with Gasteiger partial charge < -0.3 is 18.9 Å². The molecule has 2 aliphatic heterocycles. The maximum atomic E-state index is 5.45. The molecule has 0 atom stereocenters. The molecule has 426 valence electrons. The molecule has 77 heavy (non-hydrogen) atoms. The van der Waals surface area contributed by atoms with Gasteiger partial charge in [-0.05, 0) is 174 Å². The Bertz CT molecular complexity index is 1900. The first-order valence-electron chi connectivity index (χ1n) is 30.2. The van der Waals surface area contributed by atoms with E-state index in [4.69, 9.17) is 18.9 Å². The monoisotopic (exact) mass is 1170 g/mol.